The minimum absolute atomic E-state index is 0.0775. The molecule has 0 aliphatic heterocycles. The van der Waals surface area contributed by atoms with Crippen molar-refractivity contribution >= 4 is 5.97 Å². The van der Waals surface area contributed by atoms with E-state index in [-0.39, 0.29) is 12.1 Å². The molecule has 3 N–H and O–H groups in total. The Hall–Kier alpha value is -0.960. The first-order valence-electron chi connectivity index (χ1n) is 4.12. The highest BCUT2D eigenvalue weighted by molar-refractivity contribution is 5.73. The molecule has 0 radical (unpaired) electrons. The zero-order chi connectivity index (χ0) is 12.9. The lowest BCUT2D eigenvalue weighted by Gasteiger charge is -2.31. The highest BCUT2D eigenvalue weighted by Crippen LogP contribution is 2.22. The number of hydrogen-bond acceptors (Lipinski definition) is 3. The second-order valence-corrected chi connectivity index (χ2v) is 3.05. The smallest absolute Gasteiger partial charge is 0.475 e. The number of carboxylic acid groups (broad SMARTS) is 1. The van der Waals surface area contributed by atoms with Gasteiger partial charge in [-0.3, -0.25) is 0 Å². The quantitative estimate of drug-likeness (QED) is 0.726. The maximum absolute atomic E-state index is 11.4. The molecular weight excluding hydrogens is 241 g/mol. The maximum atomic E-state index is 11.4. The molecule has 0 aromatic carbocycles. The summed E-state index contributed by atoms with van der Waals surface area (Å²) in [5, 5.41) is 7.12. The average molecular weight is 251 g/mol. The molecule has 1 fully saturated rings. The van der Waals surface area contributed by atoms with Gasteiger partial charge in [-0.05, 0) is 12.8 Å². The van der Waals surface area contributed by atoms with Crippen LogP contribution in [-0.4, -0.2) is 36.0 Å². The standard InChI is InChI=1S/C5H9F2NO.C2HF3O2/c6-5(7)9-4-1-3(8)2-4;3-2(4,5)1(6)7/h3-5H,1-2,8H2;(H,6,7)/t3-,4-;. The van der Waals surface area contributed by atoms with Gasteiger partial charge in [-0.1, -0.05) is 0 Å². The van der Waals surface area contributed by atoms with Gasteiger partial charge in [0, 0.05) is 6.04 Å². The van der Waals surface area contributed by atoms with E-state index >= 15 is 0 Å². The van der Waals surface area contributed by atoms with Crippen LogP contribution in [0.25, 0.3) is 0 Å². The molecule has 0 unspecified atom stereocenters. The fraction of sp³-hybridized carbons (Fsp3) is 0.857. The van der Waals surface area contributed by atoms with Gasteiger partial charge in [0.2, 0.25) is 0 Å². The van der Waals surface area contributed by atoms with Crippen molar-refractivity contribution in [2.75, 3.05) is 0 Å². The van der Waals surface area contributed by atoms with E-state index in [0.29, 0.717) is 12.8 Å². The molecule has 0 aromatic rings. The summed E-state index contributed by atoms with van der Waals surface area (Å²) in [6.07, 6.45) is -4.23. The third-order valence-electron chi connectivity index (χ3n) is 1.67. The number of alkyl halides is 5. The second-order valence-electron chi connectivity index (χ2n) is 3.05. The number of nitrogens with two attached hydrogens (primary N) is 1. The molecule has 1 saturated carbocycles. The third kappa shape index (κ3) is 6.51. The number of rotatable bonds is 2. The summed E-state index contributed by atoms with van der Waals surface area (Å²) < 4.78 is 58.6. The van der Waals surface area contributed by atoms with Crippen LogP contribution < -0.4 is 5.73 Å². The fourth-order valence-electron chi connectivity index (χ4n) is 0.863. The van der Waals surface area contributed by atoms with Crippen LogP contribution in [0.4, 0.5) is 22.0 Å². The molecule has 0 amide bonds. The summed E-state index contributed by atoms with van der Waals surface area (Å²) in [7, 11) is 0. The van der Waals surface area contributed by atoms with Gasteiger partial charge in [-0.25, -0.2) is 4.79 Å². The summed E-state index contributed by atoms with van der Waals surface area (Å²) in [4.78, 5) is 8.90. The van der Waals surface area contributed by atoms with Crippen molar-refractivity contribution in [1.82, 2.24) is 0 Å². The van der Waals surface area contributed by atoms with Crippen molar-refractivity contribution in [3.63, 3.8) is 0 Å². The minimum atomic E-state index is -5.08. The van der Waals surface area contributed by atoms with Gasteiger partial charge < -0.3 is 15.6 Å². The Kier molecular flexibility index (Phi) is 5.59. The van der Waals surface area contributed by atoms with E-state index in [1.165, 1.54) is 0 Å². The fourth-order valence-corrected chi connectivity index (χ4v) is 0.863. The molecule has 1 rings (SSSR count). The van der Waals surface area contributed by atoms with Gasteiger partial charge in [-0.2, -0.15) is 22.0 Å². The second kappa shape index (κ2) is 5.94. The van der Waals surface area contributed by atoms with Crippen molar-refractivity contribution in [2.45, 2.75) is 37.8 Å². The number of ether oxygens (including phenoxy) is 1. The van der Waals surface area contributed by atoms with Crippen LogP contribution in [0.2, 0.25) is 0 Å². The molecule has 16 heavy (non-hydrogen) atoms. The molecule has 4 nitrogen and oxygen atoms in total. The van der Waals surface area contributed by atoms with E-state index in [9.17, 15) is 22.0 Å². The molecule has 96 valence electrons. The first-order valence-corrected chi connectivity index (χ1v) is 4.12. The van der Waals surface area contributed by atoms with Crippen molar-refractivity contribution in [2.24, 2.45) is 5.73 Å². The van der Waals surface area contributed by atoms with Crippen LogP contribution >= 0.6 is 0 Å². The number of halogens is 5. The molecule has 1 aliphatic rings. The summed E-state index contributed by atoms with van der Waals surface area (Å²) in [5.41, 5.74) is 5.32. The lowest BCUT2D eigenvalue weighted by molar-refractivity contribution is -0.192. The zero-order valence-electron chi connectivity index (χ0n) is 7.88. The van der Waals surface area contributed by atoms with E-state index in [0.717, 1.165) is 0 Å². The van der Waals surface area contributed by atoms with Crippen molar-refractivity contribution < 1.29 is 36.6 Å². The molecule has 0 bridgehead atoms. The normalized spacial score (nSPS) is 24.4. The van der Waals surface area contributed by atoms with Crippen LogP contribution in [-0.2, 0) is 9.53 Å². The number of aliphatic carboxylic acids is 1. The summed E-state index contributed by atoms with van der Waals surface area (Å²) in [6.45, 7) is -2.64. The largest absolute Gasteiger partial charge is 0.490 e. The van der Waals surface area contributed by atoms with E-state index in [1.807, 2.05) is 0 Å². The van der Waals surface area contributed by atoms with Crippen LogP contribution in [0.3, 0.4) is 0 Å². The highest BCUT2D eigenvalue weighted by Gasteiger charge is 2.38. The SMILES string of the molecule is N[C@H]1C[C@H](OC(F)F)C1.O=C(O)C(F)(F)F. The van der Waals surface area contributed by atoms with E-state index in [2.05, 4.69) is 4.74 Å². The first-order chi connectivity index (χ1) is 7.12. The van der Waals surface area contributed by atoms with Crippen molar-refractivity contribution in [3.05, 3.63) is 0 Å². The van der Waals surface area contributed by atoms with Crippen LogP contribution in [0.5, 0.6) is 0 Å². The van der Waals surface area contributed by atoms with Crippen molar-refractivity contribution in [3.8, 4) is 0 Å². The number of carboxylic acids is 1. The van der Waals surface area contributed by atoms with E-state index in [4.69, 9.17) is 15.6 Å². The van der Waals surface area contributed by atoms with Gasteiger partial charge in [0.05, 0.1) is 6.10 Å². The average Bonchev–Trinajstić information content (AvgIpc) is 1.99. The first kappa shape index (κ1) is 15.0. The Bertz CT molecular complexity index is 227. The van der Waals surface area contributed by atoms with Gasteiger partial charge in [0.25, 0.3) is 0 Å². The molecule has 1 aliphatic carbocycles. The van der Waals surface area contributed by atoms with Crippen LogP contribution in [0.15, 0.2) is 0 Å². The predicted octanol–water partition coefficient (Wildman–Crippen LogP) is 1.35. The molecule has 0 heterocycles. The van der Waals surface area contributed by atoms with Gasteiger partial charge >= 0.3 is 18.8 Å². The summed E-state index contributed by atoms with van der Waals surface area (Å²) in [6, 6.07) is 0.0775. The van der Waals surface area contributed by atoms with Gasteiger partial charge in [0.1, 0.15) is 0 Å². The van der Waals surface area contributed by atoms with Gasteiger partial charge in [-0.15, -0.1) is 0 Å². The van der Waals surface area contributed by atoms with Gasteiger partial charge in [0.15, 0.2) is 0 Å². The number of carbonyl (C=O) groups is 1. The van der Waals surface area contributed by atoms with E-state index in [1.54, 1.807) is 0 Å². The summed E-state index contributed by atoms with van der Waals surface area (Å²) >= 11 is 0. The Balaban J connectivity index is 0.000000293. The third-order valence-corrected chi connectivity index (χ3v) is 1.67. The predicted molar refractivity (Wildman–Crippen MR) is 41.8 cm³/mol. The lowest BCUT2D eigenvalue weighted by Crippen LogP contribution is -2.42. The Morgan fingerprint density at radius 3 is 1.94 bits per heavy atom. The summed E-state index contributed by atoms with van der Waals surface area (Å²) in [5.74, 6) is -2.76. The van der Waals surface area contributed by atoms with E-state index < -0.39 is 18.8 Å². The van der Waals surface area contributed by atoms with Crippen LogP contribution in [0.1, 0.15) is 12.8 Å². The molecule has 0 aromatic heterocycles. The molecule has 0 saturated heterocycles. The molecule has 0 spiro atoms. The Morgan fingerprint density at radius 2 is 1.75 bits per heavy atom. The Labute approximate surface area is 87.2 Å². The minimum Gasteiger partial charge on any atom is -0.475 e. The Morgan fingerprint density at radius 1 is 1.38 bits per heavy atom. The van der Waals surface area contributed by atoms with Crippen molar-refractivity contribution in [1.29, 1.82) is 0 Å². The van der Waals surface area contributed by atoms with Crippen LogP contribution in [0, 0.1) is 0 Å². The monoisotopic (exact) mass is 251 g/mol. The molecule has 9 heteroatoms. The topological polar surface area (TPSA) is 72.5 Å². The zero-order valence-corrected chi connectivity index (χ0v) is 7.88. The molecule has 0 atom stereocenters. The highest BCUT2D eigenvalue weighted by atomic mass is 19.4. The number of hydrogen-bond donors (Lipinski definition) is 2. The molecular formula is C7H10F5NO3. The maximum Gasteiger partial charge on any atom is 0.490 e. The lowest BCUT2D eigenvalue weighted by atomic mass is 9.90.